The number of nitrogens with one attached hydrogen (secondary N) is 3. The van der Waals surface area contributed by atoms with Crippen LogP contribution in [0.4, 0.5) is 0 Å². The molecule has 0 saturated carbocycles. The lowest BCUT2D eigenvalue weighted by molar-refractivity contribution is -0.144. The van der Waals surface area contributed by atoms with Gasteiger partial charge in [0.1, 0.15) is 10.3 Å². The van der Waals surface area contributed by atoms with Crippen LogP contribution in [0.2, 0.25) is 0 Å². The number of hydrazine groups is 2. The fourth-order valence-corrected chi connectivity index (χ4v) is 1.97. The number of hydrogen-bond donors (Lipinski definition) is 3. The molecule has 0 saturated heterocycles. The van der Waals surface area contributed by atoms with E-state index in [9.17, 15) is 4.79 Å². The molecule has 0 amide bonds. The van der Waals surface area contributed by atoms with Crippen LogP contribution in [0.15, 0.2) is 11.2 Å². The first-order valence-corrected chi connectivity index (χ1v) is 6.31. The van der Waals surface area contributed by atoms with Crippen molar-refractivity contribution in [2.45, 2.75) is 32.4 Å². The molecule has 0 fully saturated rings. The van der Waals surface area contributed by atoms with E-state index in [1.807, 2.05) is 20.8 Å². The molecule has 6 heteroatoms. The van der Waals surface area contributed by atoms with Crippen molar-refractivity contribution in [1.29, 1.82) is 0 Å². The van der Waals surface area contributed by atoms with Gasteiger partial charge in [-0.15, -0.1) is 0 Å². The van der Waals surface area contributed by atoms with Gasteiger partial charge in [-0.3, -0.25) is 10.2 Å². The average molecular weight is 245 g/mol. The van der Waals surface area contributed by atoms with Gasteiger partial charge in [0, 0.05) is 6.20 Å². The van der Waals surface area contributed by atoms with Gasteiger partial charge in [-0.2, -0.15) is 5.53 Å². The Hall–Kier alpha value is -0.880. The first-order valence-electron chi connectivity index (χ1n) is 5.43. The van der Waals surface area contributed by atoms with Gasteiger partial charge in [0.05, 0.1) is 6.61 Å². The third-order valence-electron chi connectivity index (χ3n) is 1.92. The Kier molecular flexibility index (Phi) is 5.48. The van der Waals surface area contributed by atoms with Gasteiger partial charge >= 0.3 is 5.97 Å². The molecule has 0 radical (unpaired) electrons. The van der Waals surface area contributed by atoms with Crippen LogP contribution in [0, 0.1) is 5.92 Å². The minimum atomic E-state index is -0.154. The molecule has 5 nitrogen and oxygen atoms in total. The smallest absolute Gasteiger partial charge is 0.319 e. The van der Waals surface area contributed by atoms with Crippen molar-refractivity contribution in [3.05, 3.63) is 11.2 Å². The van der Waals surface area contributed by atoms with Crippen molar-refractivity contribution >= 4 is 17.7 Å². The number of carbonyl (C=O) groups excluding carboxylic acids is 1. The Morgan fingerprint density at radius 3 is 2.81 bits per heavy atom. The fraction of sp³-hybridized carbons (Fsp3) is 0.700. The normalized spacial score (nSPS) is 16.4. The quantitative estimate of drug-likeness (QED) is 0.609. The molecule has 16 heavy (non-hydrogen) atoms. The molecule has 0 spiro atoms. The van der Waals surface area contributed by atoms with Gasteiger partial charge in [0.25, 0.3) is 0 Å². The maximum Gasteiger partial charge on any atom is 0.319 e. The zero-order valence-corrected chi connectivity index (χ0v) is 10.7. The molecule has 1 rings (SSSR count). The molecule has 3 N–H and O–H groups in total. The summed E-state index contributed by atoms with van der Waals surface area (Å²) < 4.78 is 5.21. The SMILES string of the molecule is CCC(SC1=CNNN1)C(=O)OCC(C)C. The predicted molar refractivity (Wildman–Crippen MR) is 65.0 cm³/mol. The van der Waals surface area contributed by atoms with E-state index in [1.54, 1.807) is 6.20 Å². The fourth-order valence-electron chi connectivity index (χ4n) is 1.09. The van der Waals surface area contributed by atoms with Crippen LogP contribution in [-0.4, -0.2) is 17.8 Å². The first kappa shape index (κ1) is 13.2. The van der Waals surface area contributed by atoms with E-state index in [-0.39, 0.29) is 11.2 Å². The van der Waals surface area contributed by atoms with Crippen LogP contribution in [0.5, 0.6) is 0 Å². The van der Waals surface area contributed by atoms with E-state index in [1.165, 1.54) is 11.8 Å². The Bertz CT molecular complexity index is 269. The second kappa shape index (κ2) is 6.65. The summed E-state index contributed by atoms with van der Waals surface area (Å²) in [6.45, 7) is 6.51. The molecule has 1 unspecified atom stereocenters. The third kappa shape index (κ3) is 4.32. The Morgan fingerprint density at radius 1 is 1.56 bits per heavy atom. The molecule has 0 bridgehead atoms. The van der Waals surface area contributed by atoms with E-state index in [0.717, 1.165) is 11.4 Å². The molecule has 0 aromatic carbocycles. The molecule has 0 aromatic rings. The molecule has 1 atom stereocenters. The maximum atomic E-state index is 11.7. The molecular weight excluding hydrogens is 226 g/mol. The summed E-state index contributed by atoms with van der Waals surface area (Å²) in [5, 5.41) is 0.743. The number of hydrogen-bond acceptors (Lipinski definition) is 6. The zero-order valence-electron chi connectivity index (χ0n) is 9.87. The number of thioether (sulfide) groups is 1. The van der Waals surface area contributed by atoms with Crippen molar-refractivity contribution in [3.63, 3.8) is 0 Å². The van der Waals surface area contributed by atoms with Crippen LogP contribution < -0.4 is 16.4 Å². The predicted octanol–water partition coefficient (Wildman–Crippen LogP) is 1.11. The largest absolute Gasteiger partial charge is 0.465 e. The second-order valence-electron chi connectivity index (χ2n) is 3.94. The Morgan fingerprint density at radius 2 is 2.31 bits per heavy atom. The topological polar surface area (TPSA) is 62.4 Å². The number of carbonyl (C=O) groups is 1. The minimum absolute atomic E-state index is 0.143. The molecule has 0 aliphatic carbocycles. The Balaban J connectivity index is 2.37. The van der Waals surface area contributed by atoms with E-state index < -0.39 is 0 Å². The van der Waals surface area contributed by atoms with E-state index in [4.69, 9.17) is 4.74 Å². The van der Waals surface area contributed by atoms with E-state index >= 15 is 0 Å². The van der Waals surface area contributed by atoms with E-state index in [2.05, 4.69) is 16.4 Å². The van der Waals surface area contributed by atoms with Gasteiger partial charge in [0.15, 0.2) is 0 Å². The highest BCUT2D eigenvalue weighted by atomic mass is 32.2. The lowest BCUT2D eigenvalue weighted by Crippen LogP contribution is -2.32. The minimum Gasteiger partial charge on any atom is -0.465 e. The van der Waals surface area contributed by atoms with Crippen molar-refractivity contribution < 1.29 is 9.53 Å². The standard InChI is InChI=1S/C10H19N3O2S/c1-4-8(10(14)15-6-7(2)3)16-9-5-11-13-12-9/h5,7-8,11-13H,4,6H2,1-3H3. The summed E-state index contributed by atoms with van der Waals surface area (Å²) >= 11 is 1.46. The van der Waals surface area contributed by atoms with Gasteiger partial charge in [-0.1, -0.05) is 32.5 Å². The highest BCUT2D eigenvalue weighted by Gasteiger charge is 2.21. The molecule has 92 valence electrons. The second-order valence-corrected chi connectivity index (χ2v) is 5.19. The molecular formula is C10H19N3O2S. The number of ether oxygens (including phenoxy) is 1. The van der Waals surface area contributed by atoms with Crippen LogP contribution in [0.25, 0.3) is 0 Å². The average Bonchev–Trinajstić information content (AvgIpc) is 2.75. The summed E-state index contributed by atoms with van der Waals surface area (Å²) in [4.78, 5) is 11.7. The summed E-state index contributed by atoms with van der Waals surface area (Å²) in [5.41, 5.74) is 8.42. The molecule has 1 heterocycles. The van der Waals surface area contributed by atoms with Crippen molar-refractivity contribution in [2.24, 2.45) is 5.92 Å². The lowest BCUT2D eigenvalue weighted by atomic mass is 10.2. The summed E-state index contributed by atoms with van der Waals surface area (Å²) in [5.74, 6) is 0.231. The summed E-state index contributed by atoms with van der Waals surface area (Å²) in [6, 6.07) is 0. The van der Waals surface area contributed by atoms with Crippen LogP contribution in [0.3, 0.4) is 0 Å². The van der Waals surface area contributed by atoms with Gasteiger partial charge in [0.2, 0.25) is 0 Å². The highest BCUT2D eigenvalue weighted by molar-refractivity contribution is 8.04. The van der Waals surface area contributed by atoms with E-state index in [0.29, 0.717) is 12.5 Å². The first-order chi connectivity index (χ1) is 7.63. The zero-order chi connectivity index (χ0) is 12.0. The monoisotopic (exact) mass is 245 g/mol. The van der Waals surface area contributed by atoms with Crippen molar-refractivity contribution in [3.8, 4) is 0 Å². The number of rotatable bonds is 6. The summed E-state index contributed by atoms with van der Waals surface area (Å²) in [7, 11) is 0. The van der Waals surface area contributed by atoms with Crippen LogP contribution in [0.1, 0.15) is 27.2 Å². The van der Waals surface area contributed by atoms with Gasteiger partial charge in [-0.25, -0.2) is 0 Å². The molecule has 1 aliphatic rings. The number of esters is 1. The maximum absolute atomic E-state index is 11.7. The molecule has 0 aromatic heterocycles. The van der Waals surface area contributed by atoms with Crippen LogP contribution >= 0.6 is 11.8 Å². The lowest BCUT2D eigenvalue weighted by Gasteiger charge is -2.15. The van der Waals surface area contributed by atoms with Crippen molar-refractivity contribution in [1.82, 2.24) is 16.4 Å². The third-order valence-corrected chi connectivity index (χ3v) is 3.21. The van der Waals surface area contributed by atoms with Gasteiger partial charge < -0.3 is 10.2 Å². The Labute approximate surface area is 100 Å². The molecule has 1 aliphatic heterocycles. The highest BCUT2D eigenvalue weighted by Crippen LogP contribution is 2.23. The summed E-state index contributed by atoms with van der Waals surface area (Å²) in [6.07, 6.45) is 2.53. The van der Waals surface area contributed by atoms with Crippen LogP contribution in [-0.2, 0) is 9.53 Å². The van der Waals surface area contributed by atoms with Crippen molar-refractivity contribution in [2.75, 3.05) is 6.61 Å². The van der Waals surface area contributed by atoms with Gasteiger partial charge in [-0.05, 0) is 12.3 Å².